The monoisotopic (exact) mass is 497 g/mol. The van der Waals surface area contributed by atoms with Gasteiger partial charge in [0.05, 0.1) is 18.7 Å². The number of amides is 1. The first-order valence-electron chi connectivity index (χ1n) is 12.7. The van der Waals surface area contributed by atoms with Crippen molar-refractivity contribution in [1.29, 1.82) is 0 Å². The summed E-state index contributed by atoms with van der Waals surface area (Å²) in [7, 11) is 1.45. The smallest absolute Gasteiger partial charge is 0.300 e. The Hall–Kier alpha value is -4.06. The van der Waals surface area contributed by atoms with E-state index >= 15 is 0 Å². The maximum atomic E-state index is 13.5. The summed E-state index contributed by atoms with van der Waals surface area (Å²) in [5, 5.41) is 22.0. The quantitative estimate of drug-likeness (QED) is 0.255. The predicted molar refractivity (Wildman–Crippen MR) is 143 cm³/mol. The number of benzene rings is 3. The number of phenolic OH excluding ortho intramolecular Hbond substituents is 1. The molecule has 1 aliphatic heterocycles. The number of carbonyl (C=O) groups excluding carboxylic acids is 2. The summed E-state index contributed by atoms with van der Waals surface area (Å²) in [5.74, 6) is -1.23. The van der Waals surface area contributed by atoms with Gasteiger partial charge in [-0.2, -0.15) is 0 Å². The zero-order valence-electron chi connectivity index (χ0n) is 21.3. The van der Waals surface area contributed by atoms with Crippen LogP contribution in [0.2, 0.25) is 0 Å². The van der Waals surface area contributed by atoms with Crippen LogP contribution in [0.15, 0.2) is 66.2 Å². The highest BCUT2D eigenvalue weighted by Gasteiger charge is 2.47. The molecule has 1 atom stereocenters. The number of anilines is 1. The molecule has 0 spiro atoms. The Morgan fingerprint density at radius 3 is 2.30 bits per heavy atom. The molecule has 5 rings (SSSR count). The van der Waals surface area contributed by atoms with Gasteiger partial charge in [-0.3, -0.25) is 14.5 Å². The van der Waals surface area contributed by atoms with E-state index in [-0.39, 0.29) is 22.8 Å². The maximum absolute atomic E-state index is 13.5. The van der Waals surface area contributed by atoms with Crippen LogP contribution in [0.1, 0.15) is 66.5 Å². The fourth-order valence-corrected chi connectivity index (χ4v) is 5.35. The number of phenols is 1. The van der Waals surface area contributed by atoms with Crippen LogP contribution in [0.3, 0.4) is 0 Å². The van der Waals surface area contributed by atoms with Crippen molar-refractivity contribution in [3.05, 3.63) is 94.1 Å². The molecule has 2 N–H and O–H groups in total. The van der Waals surface area contributed by atoms with Gasteiger partial charge in [-0.15, -0.1) is 0 Å². The molecule has 1 fully saturated rings. The van der Waals surface area contributed by atoms with Gasteiger partial charge in [-0.1, -0.05) is 44.2 Å². The van der Waals surface area contributed by atoms with Crippen LogP contribution < -0.4 is 9.64 Å². The fourth-order valence-electron chi connectivity index (χ4n) is 5.35. The standard InChI is InChI=1S/C31H31NO5/c1-18(2)19-10-13-24(14-11-19)32-28(22-12-15-26(37-3)25(33)17-22)27(30(35)31(32)36)29(34)23-9-8-20-6-4-5-7-21(20)16-23/h8-18,28,33-34H,4-7H2,1-3H3/b29-27-. The maximum Gasteiger partial charge on any atom is 0.300 e. The third-order valence-corrected chi connectivity index (χ3v) is 7.42. The first-order valence-corrected chi connectivity index (χ1v) is 12.7. The molecular formula is C31H31NO5. The highest BCUT2D eigenvalue weighted by molar-refractivity contribution is 6.51. The van der Waals surface area contributed by atoms with E-state index in [1.165, 1.54) is 23.6 Å². The van der Waals surface area contributed by atoms with Crippen molar-refractivity contribution in [3.8, 4) is 11.5 Å². The molecule has 1 unspecified atom stereocenters. The van der Waals surface area contributed by atoms with Gasteiger partial charge >= 0.3 is 0 Å². The molecule has 1 aliphatic carbocycles. The Labute approximate surface area is 216 Å². The van der Waals surface area contributed by atoms with Gasteiger partial charge in [0.25, 0.3) is 11.7 Å². The van der Waals surface area contributed by atoms with Crippen molar-refractivity contribution in [2.75, 3.05) is 12.0 Å². The lowest BCUT2D eigenvalue weighted by Crippen LogP contribution is -2.29. The van der Waals surface area contributed by atoms with Crippen LogP contribution in [-0.4, -0.2) is 29.0 Å². The molecule has 190 valence electrons. The minimum atomic E-state index is -0.919. The van der Waals surface area contributed by atoms with E-state index in [1.807, 2.05) is 42.5 Å². The van der Waals surface area contributed by atoms with Crippen LogP contribution >= 0.6 is 0 Å². The molecule has 1 saturated heterocycles. The molecule has 0 aromatic heterocycles. The van der Waals surface area contributed by atoms with Gasteiger partial charge in [0, 0.05) is 11.3 Å². The lowest BCUT2D eigenvalue weighted by atomic mass is 9.88. The number of aliphatic hydroxyl groups excluding tert-OH is 1. The summed E-state index contributed by atoms with van der Waals surface area (Å²) in [4.78, 5) is 28.3. The SMILES string of the molecule is COc1ccc(C2/C(=C(/O)c3ccc4c(c3)CCCC4)C(=O)C(=O)N2c2ccc(C(C)C)cc2)cc1O. The topological polar surface area (TPSA) is 87.1 Å². The second kappa shape index (κ2) is 9.77. The van der Waals surface area contributed by atoms with Gasteiger partial charge in [-0.05, 0) is 84.2 Å². The molecule has 1 amide bonds. The molecule has 6 heteroatoms. The summed E-state index contributed by atoms with van der Waals surface area (Å²) >= 11 is 0. The van der Waals surface area contributed by atoms with Crippen LogP contribution in [0.5, 0.6) is 11.5 Å². The molecule has 0 saturated carbocycles. The number of nitrogens with zero attached hydrogens (tertiary/aromatic N) is 1. The van der Waals surface area contributed by atoms with E-state index in [0.717, 1.165) is 36.8 Å². The number of ether oxygens (including phenoxy) is 1. The number of aryl methyl sites for hydroxylation is 2. The fraction of sp³-hybridized carbons (Fsp3) is 0.290. The largest absolute Gasteiger partial charge is 0.507 e. The second-order valence-electron chi connectivity index (χ2n) is 10.0. The number of hydrogen-bond acceptors (Lipinski definition) is 5. The Morgan fingerprint density at radius 1 is 0.946 bits per heavy atom. The number of carbonyl (C=O) groups is 2. The lowest BCUT2D eigenvalue weighted by molar-refractivity contribution is -0.132. The third kappa shape index (κ3) is 4.37. The summed E-state index contributed by atoms with van der Waals surface area (Å²) in [6.07, 6.45) is 4.14. The van der Waals surface area contributed by atoms with Crippen molar-refractivity contribution in [2.24, 2.45) is 0 Å². The zero-order chi connectivity index (χ0) is 26.3. The molecule has 6 nitrogen and oxygen atoms in total. The van der Waals surface area contributed by atoms with Gasteiger partial charge in [0.15, 0.2) is 11.5 Å². The molecule has 2 aliphatic rings. The van der Waals surface area contributed by atoms with Gasteiger partial charge in [0.1, 0.15) is 5.76 Å². The minimum absolute atomic E-state index is 0.00161. The molecule has 3 aromatic carbocycles. The normalized spacial score (nSPS) is 18.8. The van der Waals surface area contributed by atoms with Crippen LogP contribution in [0.4, 0.5) is 5.69 Å². The number of ketones is 1. The molecule has 0 bridgehead atoms. The van der Waals surface area contributed by atoms with Crippen LogP contribution in [0.25, 0.3) is 5.76 Å². The first kappa shape index (κ1) is 24.6. The van der Waals surface area contributed by atoms with Crippen molar-refractivity contribution in [1.82, 2.24) is 0 Å². The van der Waals surface area contributed by atoms with E-state index in [1.54, 1.807) is 12.1 Å². The van der Waals surface area contributed by atoms with Gasteiger partial charge in [0.2, 0.25) is 0 Å². The molecule has 1 heterocycles. The molecular weight excluding hydrogens is 466 g/mol. The highest BCUT2D eigenvalue weighted by atomic mass is 16.5. The average molecular weight is 498 g/mol. The van der Waals surface area contributed by atoms with E-state index < -0.39 is 17.7 Å². The second-order valence-corrected chi connectivity index (χ2v) is 10.0. The highest BCUT2D eigenvalue weighted by Crippen LogP contribution is 2.44. The first-order chi connectivity index (χ1) is 17.8. The van der Waals surface area contributed by atoms with Crippen LogP contribution in [-0.2, 0) is 22.4 Å². The molecule has 37 heavy (non-hydrogen) atoms. The third-order valence-electron chi connectivity index (χ3n) is 7.42. The summed E-state index contributed by atoms with van der Waals surface area (Å²) < 4.78 is 5.19. The number of aliphatic hydroxyl groups is 1. The summed E-state index contributed by atoms with van der Waals surface area (Å²) in [6.45, 7) is 4.17. The Kier molecular flexibility index (Phi) is 6.50. The summed E-state index contributed by atoms with van der Waals surface area (Å²) in [5.41, 5.74) is 5.06. The molecule has 0 radical (unpaired) electrons. The zero-order valence-corrected chi connectivity index (χ0v) is 21.3. The number of hydrogen-bond donors (Lipinski definition) is 2. The lowest BCUT2D eigenvalue weighted by Gasteiger charge is -2.26. The Morgan fingerprint density at radius 2 is 1.65 bits per heavy atom. The number of aromatic hydroxyl groups is 1. The van der Waals surface area contributed by atoms with Crippen molar-refractivity contribution < 1.29 is 24.5 Å². The average Bonchev–Trinajstić information content (AvgIpc) is 3.18. The summed E-state index contributed by atoms with van der Waals surface area (Å²) in [6, 6.07) is 17.1. The van der Waals surface area contributed by atoms with Gasteiger partial charge < -0.3 is 14.9 Å². The number of fused-ring (bicyclic) bond motifs is 1. The van der Waals surface area contributed by atoms with Crippen LogP contribution in [0, 0.1) is 0 Å². The van der Waals surface area contributed by atoms with Crippen molar-refractivity contribution >= 4 is 23.1 Å². The Bertz CT molecular complexity index is 1400. The van der Waals surface area contributed by atoms with E-state index in [9.17, 15) is 19.8 Å². The predicted octanol–water partition coefficient (Wildman–Crippen LogP) is 6.03. The van der Waals surface area contributed by atoms with Gasteiger partial charge in [-0.25, -0.2) is 0 Å². The minimum Gasteiger partial charge on any atom is -0.507 e. The number of methoxy groups -OCH3 is 1. The van der Waals surface area contributed by atoms with E-state index in [2.05, 4.69) is 13.8 Å². The molecule has 3 aromatic rings. The van der Waals surface area contributed by atoms with E-state index in [0.29, 0.717) is 22.7 Å². The Balaban J connectivity index is 1.68. The number of rotatable bonds is 5. The number of Topliss-reactive ketones (excluding diaryl/α,β-unsaturated/α-hetero) is 1. The van der Waals surface area contributed by atoms with Crippen molar-refractivity contribution in [2.45, 2.75) is 51.5 Å². The van der Waals surface area contributed by atoms with E-state index in [4.69, 9.17) is 4.74 Å². The van der Waals surface area contributed by atoms with Crippen molar-refractivity contribution in [3.63, 3.8) is 0 Å².